The minimum Gasteiger partial charge on any atom is -0.461 e. The summed E-state index contributed by atoms with van der Waals surface area (Å²) in [5.41, 5.74) is 9.54. The summed E-state index contributed by atoms with van der Waals surface area (Å²) in [5.74, 6) is 1.59. The van der Waals surface area contributed by atoms with Crippen LogP contribution in [-0.4, -0.2) is 4.98 Å². The number of pyridine rings is 1. The zero-order valence-corrected chi connectivity index (χ0v) is 23.4. The van der Waals surface area contributed by atoms with Gasteiger partial charge in [0.15, 0.2) is 0 Å². The molecule has 3 aromatic heterocycles. The van der Waals surface area contributed by atoms with Crippen LogP contribution in [0.25, 0.3) is 55.2 Å². The highest BCUT2D eigenvalue weighted by Crippen LogP contribution is 2.40. The molecule has 6 aromatic rings. The summed E-state index contributed by atoms with van der Waals surface area (Å²) in [7, 11) is 0. The van der Waals surface area contributed by atoms with E-state index in [9.17, 15) is 0 Å². The number of furan rings is 2. The number of hydrogen-bond donors (Lipinski definition) is 0. The van der Waals surface area contributed by atoms with Gasteiger partial charge in [-0.05, 0) is 88.9 Å². The molecule has 3 nitrogen and oxygen atoms in total. The van der Waals surface area contributed by atoms with E-state index in [1.807, 2.05) is 6.26 Å². The van der Waals surface area contributed by atoms with Gasteiger partial charge in [0, 0.05) is 16.5 Å². The molecule has 3 aromatic carbocycles. The van der Waals surface area contributed by atoms with Crippen molar-refractivity contribution in [2.24, 2.45) is 5.92 Å². The summed E-state index contributed by atoms with van der Waals surface area (Å²) in [4.78, 5) is 5.01. The lowest BCUT2D eigenvalue weighted by Gasteiger charge is -2.23. The maximum Gasteiger partial charge on any atom is 0.227 e. The highest BCUT2D eigenvalue weighted by Gasteiger charge is 2.21. The lowest BCUT2D eigenvalue weighted by atomic mass is 9.82. The lowest BCUT2D eigenvalue weighted by Crippen LogP contribution is -2.12. The van der Waals surface area contributed by atoms with Gasteiger partial charge in [-0.2, -0.15) is 0 Å². The van der Waals surface area contributed by atoms with E-state index in [2.05, 4.69) is 109 Å². The highest BCUT2D eigenvalue weighted by atomic mass is 16.3. The van der Waals surface area contributed by atoms with Crippen molar-refractivity contribution in [1.82, 2.24) is 4.98 Å². The first-order chi connectivity index (χ1) is 18.1. The lowest BCUT2D eigenvalue weighted by molar-refractivity contribution is 0.560. The molecule has 0 radical (unpaired) electrons. The SMILES string of the molecule is Cc1oc2cc(-c3cc(-c4cc(C(C)(C)C)c5ccccc5c4)nc4occ(C)c34)ccc2c1CC(C)C. The van der Waals surface area contributed by atoms with E-state index in [0.29, 0.717) is 11.6 Å². The average Bonchev–Trinajstić information content (AvgIpc) is 3.40. The van der Waals surface area contributed by atoms with Gasteiger partial charge in [-0.3, -0.25) is 0 Å². The second-order valence-electron chi connectivity index (χ2n) is 12.1. The van der Waals surface area contributed by atoms with Crippen molar-refractivity contribution in [2.45, 2.75) is 60.3 Å². The first-order valence-corrected chi connectivity index (χ1v) is 13.5. The molecule has 0 saturated carbocycles. The molecule has 0 aliphatic rings. The molecule has 0 spiro atoms. The van der Waals surface area contributed by atoms with Gasteiger partial charge in [-0.1, -0.05) is 71.0 Å². The van der Waals surface area contributed by atoms with Gasteiger partial charge in [0.2, 0.25) is 5.71 Å². The largest absolute Gasteiger partial charge is 0.461 e. The number of hydrogen-bond acceptors (Lipinski definition) is 3. The average molecular weight is 502 g/mol. The molecular formula is C35H35NO2. The first-order valence-electron chi connectivity index (χ1n) is 13.5. The molecule has 0 atom stereocenters. The fourth-order valence-electron chi connectivity index (χ4n) is 5.75. The minimum atomic E-state index is -0.000306. The summed E-state index contributed by atoms with van der Waals surface area (Å²) in [6.07, 6.45) is 2.82. The quantitative estimate of drug-likeness (QED) is 0.241. The van der Waals surface area contributed by atoms with Crippen LogP contribution in [-0.2, 0) is 11.8 Å². The van der Waals surface area contributed by atoms with Gasteiger partial charge in [-0.25, -0.2) is 4.98 Å². The normalized spacial score (nSPS) is 12.4. The summed E-state index contributed by atoms with van der Waals surface area (Å²) in [6.45, 7) is 15.5. The van der Waals surface area contributed by atoms with Crippen LogP contribution in [0, 0.1) is 19.8 Å². The van der Waals surface area contributed by atoms with Crippen molar-refractivity contribution in [3.8, 4) is 22.4 Å². The van der Waals surface area contributed by atoms with Crippen LogP contribution in [0.2, 0.25) is 0 Å². The third-order valence-electron chi connectivity index (χ3n) is 7.61. The van der Waals surface area contributed by atoms with Crippen molar-refractivity contribution >= 4 is 32.8 Å². The Labute approximate surface area is 224 Å². The third kappa shape index (κ3) is 4.11. The Morgan fingerprint density at radius 3 is 2.42 bits per heavy atom. The predicted octanol–water partition coefficient (Wildman–Crippen LogP) is 10.2. The molecule has 0 aliphatic carbocycles. The van der Waals surface area contributed by atoms with E-state index in [-0.39, 0.29) is 5.41 Å². The summed E-state index contributed by atoms with van der Waals surface area (Å²) in [5, 5.41) is 4.77. The van der Waals surface area contributed by atoms with Crippen LogP contribution in [0.5, 0.6) is 0 Å². The molecule has 6 rings (SSSR count). The summed E-state index contributed by atoms with van der Waals surface area (Å²) in [6, 6.07) is 22.0. The predicted molar refractivity (Wildman–Crippen MR) is 159 cm³/mol. The van der Waals surface area contributed by atoms with Crippen molar-refractivity contribution in [3.63, 3.8) is 0 Å². The van der Waals surface area contributed by atoms with Gasteiger partial charge in [0.25, 0.3) is 0 Å². The van der Waals surface area contributed by atoms with E-state index in [4.69, 9.17) is 13.8 Å². The van der Waals surface area contributed by atoms with Crippen molar-refractivity contribution in [3.05, 3.63) is 89.4 Å². The molecule has 0 amide bonds. The van der Waals surface area contributed by atoms with Gasteiger partial charge < -0.3 is 8.83 Å². The van der Waals surface area contributed by atoms with Gasteiger partial charge in [-0.15, -0.1) is 0 Å². The highest BCUT2D eigenvalue weighted by molar-refractivity contribution is 6.00. The number of aromatic nitrogens is 1. The molecule has 0 saturated heterocycles. The molecule has 0 aliphatic heterocycles. The monoisotopic (exact) mass is 501 g/mol. The fourth-order valence-corrected chi connectivity index (χ4v) is 5.75. The Morgan fingerprint density at radius 1 is 0.868 bits per heavy atom. The van der Waals surface area contributed by atoms with E-state index < -0.39 is 0 Å². The second kappa shape index (κ2) is 8.87. The standard InChI is InChI=1S/C35H35NO2/c1-20(2)14-28-22(4)38-32-17-24(12-13-27(28)32)29-18-31(36-34-33(29)21(3)19-37-34)25-15-23-10-8-9-11-26(23)30(16-25)35(5,6)7/h8-13,15-20H,14H2,1-7H3. The Kier molecular flexibility index (Phi) is 5.72. The first kappa shape index (κ1) is 24.5. The molecule has 0 bridgehead atoms. The molecule has 0 N–H and O–H groups in total. The van der Waals surface area contributed by atoms with Crippen molar-refractivity contribution < 1.29 is 8.83 Å². The van der Waals surface area contributed by atoms with Crippen molar-refractivity contribution in [2.75, 3.05) is 0 Å². The number of rotatable bonds is 4. The minimum absolute atomic E-state index is 0.000306. The second-order valence-corrected chi connectivity index (χ2v) is 12.1. The maximum atomic E-state index is 6.26. The Morgan fingerprint density at radius 2 is 1.66 bits per heavy atom. The Bertz CT molecular complexity index is 1820. The van der Waals surface area contributed by atoms with Crippen LogP contribution in [0.1, 0.15) is 57.1 Å². The molecule has 3 heterocycles. The number of fused-ring (bicyclic) bond motifs is 3. The molecular weight excluding hydrogens is 466 g/mol. The number of aryl methyl sites for hydroxylation is 2. The maximum absolute atomic E-state index is 6.26. The van der Waals surface area contributed by atoms with Gasteiger partial charge in [0.1, 0.15) is 11.3 Å². The van der Waals surface area contributed by atoms with E-state index in [0.717, 1.165) is 51.1 Å². The number of nitrogens with zero attached hydrogens (tertiary/aromatic N) is 1. The summed E-state index contributed by atoms with van der Waals surface area (Å²) >= 11 is 0. The van der Waals surface area contributed by atoms with Crippen LogP contribution < -0.4 is 0 Å². The molecule has 3 heteroatoms. The smallest absolute Gasteiger partial charge is 0.227 e. The molecule has 38 heavy (non-hydrogen) atoms. The topological polar surface area (TPSA) is 39.2 Å². The van der Waals surface area contributed by atoms with Crippen LogP contribution in [0.15, 0.2) is 75.8 Å². The van der Waals surface area contributed by atoms with Gasteiger partial charge in [0.05, 0.1) is 17.3 Å². The summed E-state index contributed by atoms with van der Waals surface area (Å²) < 4.78 is 12.2. The van der Waals surface area contributed by atoms with Crippen LogP contribution in [0.4, 0.5) is 0 Å². The Balaban J connectivity index is 1.58. The molecule has 0 unspecified atom stereocenters. The zero-order chi connectivity index (χ0) is 26.8. The van der Waals surface area contributed by atoms with E-state index in [1.165, 1.54) is 27.3 Å². The zero-order valence-electron chi connectivity index (χ0n) is 23.4. The Hall–Kier alpha value is -3.85. The fraction of sp³-hybridized carbons (Fsp3) is 0.286. The number of benzene rings is 3. The third-order valence-corrected chi connectivity index (χ3v) is 7.61. The van der Waals surface area contributed by atoms with E-state index in [1.54, 1.807) is 0 Å². The van der Waals surface area contributed by atoms with Gasteiger partial charge >= 0.3 is 0 Å². The van der Waals surface area contributed by atoms with Crippen molar-refractivity contribution in [1.29, 1.82) is 0 Å². The van der Waals surface area contributed by atoms with Crippen LogP contribution in [0.3, 0.4) is 0 Å². The molecule has 0 fully saturated rings. The van der Waals surface area contributed by atoms with Crippen LogP contribution >= 0.6 is 0 Å². The van der Waals surface area contributed by atoms with E-state index >= 15 is 0 Å². The molecule has 192 valence electrons.